The average Bonchev–Trinajstić information content (AvgIpc) is 3.32. The quantitative estimate of drug-likeness (QED) is 0.487. The van der Waals surface area contributed by atoms with Crippen LogP contribution in [0.3, 0.4) is 0 Å². The van der Waals surface area contributed by atoms with Gasteiger partial charge in [-0.1, -0.05) is 6.08 Å². The lowest BCUT2D eigenvalue weighted by Gasteiger charge is -2.26. The van der Waals surface area contributed by atoms with E-state index >= 15 is 0 Å². The van der Waals surface area contributed by atoms with Crippen molar-refractivity contribution < 1.29 is 14.2 Å². The lowest BCUT2D eigenvalue weighted by atomic mass is 9.93. The molecule has 0 saturated heterocycles. The molecule has 1 fully saturated rings. The second-order valence-corrected chi connectivity index (χ2v) is 7.62. The van der Waals surface area contributed by atoms with Crippen LogP contribution >= 0.6 is 0 Å². The Hall–Kier alpha value is -3.53. The minimum atomic E-state index is -0.403. The number of aromatic amines is 1. The van der Waals surface area contributed by atoms with Gasteiger partial charge in [0, 0.05) is 12.1 Å². The fourth-order valence-electron chi connectivity index (χ4n) is 4.09. The zero-order valence-electron chi connectivity index (χ0n) is 16.8. The number of aromatic nitrogens is 6. The normalized spacial score (nSPS) is 19.6. The van der Waals surface area contributed by atoms with Gasteiger partial charge in [-0.05, 0) is 44.7 Å². The molecule has 160 valence electrons. The number of rotatable bonds is 4. The summed E-state index contributed by atoms with van der Waals surface area (Å²) in [6.45, 7) is 1.80. The number of halogens is 1. The van der Waals surface area contributed by atoms with Crippen LogP contribution in [0.2, 0.25) is 0 Å². The van der Waals surface area contributed by atoms with Gasteiger partial charge in [-0.3, -0.25) is 14.1 Å². The van der Waals surface area contributed by atoms with Gasteiger partial charge in [0.05, 0.1) is 23.4 Å². The molecule has 31 heavy (non-hydrogen) atoms. The molecule has 1 aromatic carbocycles. The molecule has 0 aliphatic heterocycles. The zero-order valence-corrected chi connectivity index (χ0v) is 16.8. The molecular formula is C21H21FN6O3. The number of aliphatic hydroxyl groups excluding tert-OH is 1. The fourth-order valence-corrected chi connectivity index (χ4v) is 4.09. The van der Waals surface area contributed by atoms with Gasteiger partial charge in [0.1, 0.15) is 17.7 Å². The third kappa shape index (κ3) is 3.38. The van der Waals surface area contributed by atoms with Crippen LogP contribution in [0.4, 0.5) is 4.39 Å². The molecule has 0 amide bonds. The molecule has 9 nitrogen and oxygen atoms in total. The summed E-state index contributed by atoms with van der Waals surface area (Å²) in [7, 11) is 0. The van der Waals surface area contributed by atoms with E-state index in [-0.39, 0.29) is 29.7 Å². The van der Waals surface area contributed by atoms with E-state index in [2.05, 4.69) is 19.9 Å². The number of aliphatic hydroxyl groups is 1. The first kappa shape index (κ1) is 19.4. The van der Waals surface area contributed by atoms with E-state index in [4.69, 9.17) is 4.74 Å². The number of imidazole rings is 2. The van der Waals surface area contributed by atoms with Crippen molar-refractivity contribution in [2.75, 3.05) is 0 Å². The van der Waals surface area contributed by atoms with Crippen LogP contribution in [0.25, 0.3) is 28.1 Å². The van der Waals surface area contributed by atoms with E-state index < -0.39 is 5.82 Å². The summed E-state index contributed by atoms with van der Waals surface area (Å²) >= 11 is 0. The van der Waals surface area contributed by atoms with Crippen molar-refractivity contribution in [2.45, 2.75) is 44.8 Å². The molecule has 10 heteroatoms. The highest BCUT2D eigenvalue weighted by molar-refractivity contribution is 5.80. The first-order valence-electron chi connectivity index (χ1n) is 10.2. The number of hydrogen-bond donors (Lipinski definition) is 2. The predicted octanol–water partition coefficient (Wildman–Crippen LogP) is 2.99. The van der Waals surface area contributed by atoms with Crippen molar-refractivity contribution in [3.63, 3.8) is 0 Å². The number of fused-ring (bicyclic) bond motifs is 2. The molecule has 0 atom stereocenters. The molecule has 5 rings (SSSR count). The van der Waals surface area contributed by atoms with E-state index in [1.807, 2.05) is 0 Å². The molecule has 0 spiro atoms. The molecule has 0 unspecified atom stereocenters. The Morgan fingerprint density at radius 1 is 1.26 bits per heavy atom. The molecule has 3 aromatic heterocycles. The average molecular weight is 424 g/mol. The van der Waals surface area contributed by atoms with Gasteiger partial charge in [0.2, 0.25) is 11.8 Å². The SMILES string of the molecule is C/C=C/Oc1nc(-n2cnc3ccc(F)cc32)nc2c1[nH]c(=O)n2C1CCC(O)CC1. The molecule has 3 heterocycles. The van der Waals surface area contributed by atoms with Crippen LogP contribution in [0.15, 0.2) is 41.7 Å². The highest BCUT2D eigenvalue weighted by Gasteiger charge is 2.26. The van der Waals surface area contributed by atoms with E-state index in [1.165, 1.54) is 24.7 Å². The Kier molecular flexibility index (Phi) is 4.78. The number of benzene rings is 1. The van der Waals surface area contributed by atoms with Crippen LogP contribution in [0.5, 0.6) is 5.88 Å². The second-order valence-electron chi connectivity index (χ2n) is 7.62. The number of H-pyrrole nitrogens is 1. The highest BCUT2D eigenvalue weighted by Crippen LogP contribution is 2.31. The van der Waals surface area contributed by atoms with E-state index in [1.54, 1.807) is 28.2 Å². The largest absolute Gasteiger partial charge is 0.445 e. The zero-order chi connectivity index (χ0) is 21.5. The maximum atomic E-state index is 13.9. The molecule has 1 aliphatic carbocycles. The summed E-state index contributed by atoms with van der Waals surface area (Å²) in [5.74, 6) is -0.00761. The van der Waals surface area contributed by atoms with Gasteiger partial charge in [-0.2, -0.15) is 9.97 Å². The van der Waals surface area contributed by atoms with E-state index in [0.29, 0.717) is 47.9 Å². The van der Waals surface area contributed by atoms with Crippen molar-refractivity contribution >= 4 is 22.2 Å². The summed E-state index contributed by atoms with van der Waals surface area (Å²) in [4.78, 5) is 29.0. The predicted molar refractivity (Wildman–Crippen MR) is 112 cm³/mol. The maximum Gasteiger partial charge on any atom is 0.328 e. The summed E-state index contributed by atoms with van der Waals surface area (Å²) in [6.07, 6.45) is 6.90. The lowest BCUT2D eigenvalue weighted by Crippen LogP contribution is -2.28. The van der Waals surface area contributed by atoms with Crippen molar-refractivity contribution in [3.8, 4) is 11.8 Å². The van der Waals surface area contributed by atoms with Gasteiger partial charge >= 0.3 is 5.69 Å². The van der Waals surface area contributed by atoms with E-state index in [0.717, 1.165) is 0 Å². The molecule has 1 saturated carbocycles. The topological polar surface area (TPSA) is 111 Å². The smallest absolute Gasteiger partial charge is 0.328 e. The summed E-state index contributed by atoms with van der Waals surface area (Å²) < 4.78 is 22.7. The summed E-state index contributed by atoms with van der Waals surface area (Å²) in [5, 5.41) is 9.85. The van der Waals surface area contributed by atoms with Crippen LogP contribution in [-0.4, -0.2) is 40.3 Å². The maximum absolute atomic E-state index is 13.9. The van der Waals surface area contributed by atoms with Gasteiger partial charge in [0.25, 0.3) is 0 Å². The molecular weight excluding hydrogens is 403 g/mol. The van der Waals surface area contributed by atoms with Crippen LogP contribution in [-0.2, 0) is 0 Å². The van der Waals surface area contributed by atoms with Crippen molar-refractivity contribution in [2.24, 2.45) is 0 Å². The van der Waals surface area contributed by atoms with Crippen molar-refractivity contribution in [3.05, 3.63) is 53.2 Å². The number of nitrogens with one attached hydrogen (secondary N) is 1. The van der Waals surface area contributed by atoms with Gasteiger partial charge in [-0.25, -0.2) is 14.2 Å². The van der Waals surface area contributed by atoms with Crippen LogP contribution in [0, 0.1) is 5.82 Å². The summed E-state index contributed by atoms with van der Waals surface area (Å²) in [5.41, 5.74) is 1.56. The Balaban J connectivity index is 1.72. The van der Waals surface area contributed by atoms with Gasteiger partial charge in [-0.15, -0.1) is 0 Å². The number of ether oxygens (including phenoxy) is 1. The van der Waals surface area contributed by atoms with Crippen molar-refractivity contribution in [1.29, 1.82) is 0 Å². The molecule has 1 aliphatic rings. The van der Waals surface area contributed by atoms with E-state index in [9.17, 15) is 14.3 Å². The lowest BCUT2D eigenvalue weighted by molar-refractivity contribution is 0.111. The van der Waals surface area contributed by atoms with Crippen LogP contribution in [0.1, 0.15) is 38.6 Å². The number of nitrogens with zero attached hydrogens (tertiary/aromatic N) is 5. The Bertz CT molecular complexity index is 1350. The monoisotopic (exact) mass is 424 g/mol. The fraction of sp³-hybridized carbons (Fsp3) is 0.333. The first-order chi connectivity index (χ1) is 15.0. The highest BCUT2D eigenvalue weighted by atomic mass is 19.1. The molecule has 0 radical (unpaired) electrons. The standard InChI is InChI=1S/C21H21FN6O3/c1-2-9-31-19-17-18(28(21(30)24-17)13-4-6-14(29)7-5-13)25-20(26-19)27-11-23-15-8-3-12(22)10-16(15)27/h2-3,8-11,13-14,29H,4-7H2,1H3,(H,24,30)/b9-2+. The Morgan fingerprint density at radius 2 is 2.06 bits per heavy atom. The third-order valence-electron chi connectivity index (χ3n) is 5.60. The summed E-state index contributed by atoms with van der Waals surface area (Å²) in [6, 6.07) is 4.18. The van der Waals surface area contributed by atoms with Crippen molar-refractivity contribution in [1.82, 2.24) is 29.1 Å². The minimum absolute atomic E-state index is 0.0982. The number of hydrogen-bond acceptors (Lipinski definition) is 6. The first-order valence-corrected chi connectivity index (χ1v) is 10.2. The van der Waals surface area contributed by atoms with Gasteiger partial charge < -0.3 is 9.84 Å². The Labute approximate surface area is 175 Å². The third-order valence-corrected chi connectivity index (χ3v) is 5.60. The minimum Gasteiger partial charge on any atom is -0.445 e. The molecule has 0 bridgehead atoms. The van der Waals surface area contributed by atoms with Gasteiger partial charge in [0.15, 0.2) is 5.65 Å². The number of allylic oxidation sites excluding steroid dienone is 1. The molecule has 4 aromatic rings. The molecule has 2 N–H and O–H groups in total. The van der Waals surface area contributed by atoms with Crippen LogP contribution < -0.4 is 10.4 Å². The second kappa shape index (κ2) is 7.62. The Morgan fingerprint density at radius 3 is 2.84 bits per heavy atom.